The van der Waals surface area contributed by atoms with E-state index in [0.29, 0.717) is 17.3 Å². The fourth-order valence-electron chi connectivity index (χ4n) is 4.00. The van der Waals surface area contributed by atoms with Crippen molar-refractivity contribution in [2.24, 2.45) is 21.6 Å². The van der Waals surface area contributed by atoms with Crippen LogP contribution in [0.15, 0.2) is 38.7 Å². The summed E-state index contributed by atoms with van der Waals surface area (Å²) in [5.74, 6) is -3.34. The van der Waals surface area contributed by atoms with Crippen LogP contribution in [-0.2, 0) is 24.0 Å². The summed E-state index contributed by atoms with van der Waals surface area (Å²) in [6.07, 6.45) is -0.219. The third kappa shape index (κ3) is 6.26. The molecule has 0 spiro atoms. The Balaban J connectivity index is 1.50. The smallest absolute Gasteiger partial charge is 0.352 e. The quantitative estimate of drug-likeness (QED) is 0.105. The van der Waals surface area contributed by atoms with E-state index in [2.05, 4.69) is 20.4 Å². The Morgan fingerprint density at radius 2 is 2.07 bits per heavy atom. The predicted octanol–water partition coefficient (Wildman–Crippen LogP) is -0.833. The zero-order valence-corrected chi connectivity index (χ0v) is 24.2. The molecular weight excluding hydrogens is 598 g/mol. The molecule has 1 aromatic heterocycles. The van der Waals surface area contributed by atoms with Gasteiger partial charge >= 0.3 is 11.9 Å². The van der Waals surface area contributed by atoms with Gasteiger partial charge in [0.1, 0.15) is 34.8 Å². The molecule has 41 heavy (non-hydrogen) atoms. The second-order valence-electron chi connectivity index (χ2n) is 8.77. The fraction of sp³-hybridized carbons (Fsp3) is 0.409. The molecule has 0 aromatic carbocycles. The number of hydrogen-bond donors (Lipinski definition) is 6. The number of carbonyl (C=O) groups excluding carboxylic acids is 2. The van der Waals surface area contributed by atoms with Crippen LogP contribution in [0.5, 0.6) is 0 Å². The van der Waals surface area contributed by atoms with Crippen molar-refractivity contribution in [3.63, 3.8) is 0 Å². The van der Waals surface area contributed by atoms with Crippen LogP contribution in [-0.4, -0.2) is 101 Å². The Kier molecular flexibility index (Phi) is 9.10. The molecule has 3 aliphatic rings. The highest BCUT2D eigenvalue weighted by molar-refractivity contribution is 8.14. The number of nitrogen functional groups attached to an aromatic ring is 1. The first kappa shape index (κ1) is 30.2. The molecule has 0 bridgehead atoms. The predicted molar refractivity (Wildman–Crippen MR) is 153 cm³/mol. The molecule has 4 rings (SSSR count). The number of hydrogen-bond acceptors (Lipinski definition) is 15. The van der Waals surface area contributed by atoms with E-state index < -0.39 is 47.4 Å². The Morgan fingerprint density at radius 3 is 2.68 bits per heavy atom. The van der Waals surface area contributed by atoms with Gasteiger partial charge in [0.2, 0.25) is 6.10 Å². The number of aliphatic imine (C=N–C) groups is 1. The number of amidine groups is 1. The topological polar surface area (TPSA) is 252 Å². The highest BCUT2D eigenvalue weighted by atomic mass is 32.2. The number of likely N-dealkylation sites (N-methyl/N-ethyl adjacent to an activating group) is 1. The number of aliphatic carboxylic acids is 2. The van der Waals surface area contributed by atoms with Gasteiger partial charge in [-0.25, -0.2) is 19.6 Å². The zero-order chi connectivity index (χ0) is 30.0. The summed E-state index contributed by atoms with van der Waals surface area (Å²) in [4.78, 5) is 65.8. The zero-order valence-electron chi connectivity index (χ0n) is 21.7. The number of nitrogens with one attached hydrogen (secondary N) is 1. The van der Waals surface area contributed by atoms with Crippen LogP contribution >= 0.6 is 34.9 Å². The Labute approximate surface area is 245 Å². The van der Waals surface area contributed by atoms with Crippen LogP contribution in [0.1, 0.15) is 19.5 Å². The first-order valence-electron chi connectivity index (χ1n) is 12.0. The summed E-state index contributed by atoms with van der Waals surface area (Å²) in [5, 5.41) is 26.6. The van der Waals surface area contributed by atoms with Gasteiger partial charge in [-0.05, 0) is 25.5 Å². The molecule has 16 nitrogen and oxygen atoms in total. The number of aromatic nitrogens is 1. The van der Waals surface area contributed by atoms with Crippen molar-refractivity contribution in [2.75, 3.05) is 23.8 Å². The first-order valence-corrected chi connectivity index (χ1v) is 14.9. The van der Waals surface area contributed by atoms with Crippen molar-refractivity contribution >= 4 is 74.6 Å². The number of nitrogens with zero attached hydrogens (tertiary/aromatic N) is 5. The van der Waals surface area contributed by atoms with Gasteiger partial charge in [0.15, 0.2) is 16.0 Å². The van der Waals surface area contributed by atoms with E-state index in [1.165, 1.54) is 35.8 Å². The lowest BCUT2D eigenvalue weighted by atomic mass is 10.0. The maximum atomic E-state index is 13.1. The van der Waals surface area contributed by atoms with Crippen molar-refractivity contribution in [3.05, 3.63) is 34.2 Å². The van der Waals surface area contributed by atoms with Crippen molar-refractivity contribution in [1.29, 1.82) is 0 Å². The minimum atomic E-state index is -1.37. The molecule has 4 heterocycles. The monoisotopic (exact) mass is 625 g/mol. The summed E-state index contributed by atoms with van der Waals surface area (Å²) in [6.45, 7) is 3.68. The number of amides is 2. The molecule has 19 heteroatoms. The lowest BCUT2D eigenvalue weighted by molar-refractivity contribution is -0.150. The number of fused-ring (bicyclic) bond motifs is 1. The molecule has 2 amide bonds. The van der Waals surface area contributed by atoms with Crippen molar-refractivity contribution < 1.29 is 34.2 Å². The largest absolute Gasteiger partial charge is 0.478 e. The molecule has 1 aromatic rings. The third-order valence-corrected chi connectivity index (χ3v) is 9.14. The second-order valence-corrected chi connectivity index (χ2v) is 11.7. The molecule has 2 unspecified atom stereocenters. The number of anilines is 1. The lowest BCUT2D eigenvalue weighted by Crippen LogP contribution is -2.71. The molecule has 0 saturated carbocycles. The number of nitrogens with two attached hydrogens (primary N) is 3. The van der Waals surface area contributed by atoms with Gasteiger partial charge in [0, 0.05) is 23.4 Å². The maximum absolute atomic E-state index is 13.1. The fourth-order valence-corrected chi connectivity index (χ4v) is 7.15. The standard InChI is InChI=1S/C22H27N9O7S3/c1-3-30-12(24)4-11(23)27-22(30)41-6-9-5-39-18-14(17(33)31(18)15(9)20(36)37)28-16(32)13(10-7-40-21(25)26-10)29-38-8(2)19(34)35/h4,7-8,12,14,18H,3,5-6,23-24H2,1-2H3,(H2,25,26)(H,28,32)(H,34,35)(H,36,37)/b29-13-/t8-,12?,14?,18-/m0/s1. The van der Waals surface area contributed by atoms with Gasteiger partial charge in [-0.15, -0.1) is 23.1 Å². The van der Waals surface area contributed by atoms with Gasteiger partial charge in [-0.2, -0.15) is 0 Å². The van der Waals surface area contributed by atoms with Crippen LogP contribution in [0.2, 0.25) is 0 Å². The van der Waals surface area contributed by atoms with E-state index in [1.54, 1.807) is 6.08 Å². The van der Waals surface area contributed by atoms with Crippen LogP contribution in [0.25, 0.3) is 0 Å². The van der Waals surface area contributed by atoms with Crippen molar-refractivity contribution in [3.8, 4) is 0 Å². The number of thiazole rings is 1. The molecule has 0 radical (unpaired) electrons. The molecule has 3 aliphatic heterocycles. The number of carboxylic acid groups (broad SMARTS) is 2. The highest BCUT2D eigenvalue weighted by Crippen LogP contribution is 2.41. The van der Waals surface area contributed by atoms with Gasteiger partial charge in [0.05, 0.1) is 0 Å². The molecule has 9 N–H and O–H groups in total. The number of thioether (sulfide) groups is 2. The number of β-lactam (4-membered cyclic amide) rings is 1. The van der Waals surface area contributed by atoms with Gasteiger partial charge in [0.25, 0.3) is 11.8 Å². The minimum Gasteiger partial charge on any atom is -0.478 e. The maximum Gasteiger partial charge on any atom is 0.352 e. The van der Waals surface area contributed by atoms with Crippen molar-refractivity contribution in [1.82, 2.24) is 20.1 Å². The highest BCUT2D eigenvalue weighted by Gasteiger charge is 2.54. The molecular formula is C22H27N9O7S3. The third-order valence-electron chi connectivity index (χ3n) is 6.05. The van der Waals surface area contributed by atoms with E-state index in [1.807, 2.05) is 11.8 Å². The summed E-state index contributed by atoms with van der Waals surface area (Å²) < 4.78 is 0. The number of carboxylic acids is 2. The van der Waals surface area contributed by atoms with E-state index in [0.717, 1.165) is 16.2 Å². The molecule has 220 valence electrons. The molecule has 1 saturated heterocycles. The Morgan fingerprint density at radius 1 is 1.34 bits per heavy atom. The number of oxime groups is 1. The van der Waals surface area contributed by atoms with Gasteiger partial charge in [-0.1, -0.05) is 16.9 Å². The van der Waals surface area contributed by atoms with Crippen LogP contribution < -0.4 is 22.5 Å². The molecule has 1 fully saturated rings. The first-order chi connectivity index (χ1) is 19.4. The van der Waals surface area contributed by atoms with E-state index in [9.17, 15) is 24.3 Å². The average Bonchev–Trinajstić information content (AvgIpc) is 3.34. The number of rotatable bonds is 10. The normalized spacial score (nSPS) is 23.2. The van der Waals surface area contributed by atoms with E-state index in [4.69, 9.17) is 27.1 Å². The summed E-state index contributed by atoms with van der Waals surface area (Å²) >= 11 is 3.57. The van der Waals surface area contributed by atoms with Gasteiger partial charge < -0.3 is 42.5 Å². The Hall–Kier alpha value is -3.81. The van der Waals surface area contributed by atoms with Crippen LogP contribution in [0.4, 0.5) is 5.13 Å². The van der Waals surface area contributed by atoms with E-state index >= 15 is 0 Å². The average molecular weight is 626 g/mol. The molecule has 4 atom stereocenters. The van der Waals surface area contributed by atoms with Crippen molar-refractivity contribution in [2.45, 2.75) is 37.5 Å². The molecule has 0 aliphatic carbocycles. The Bertz CT molecular complexity index is 1390. The lowest BCUT2D eigenvalue weighted by Gasteiger charge is -2.49. The SMILES string of the molecule is CCN1C(SCC2=C(C(=O)O)N3C(=O)C(NC(=O)/C(=N\O[C@@H](C)C(=O)O)c4csc(N)n4)[C@@H]3SC2)=NC(N)=CC1N. The summed E-state index contributed by atoms with van der Waals surface area (Å²) in [5.41, 5.74) is 17.6. The van der Waals surface area contributed by atoms with E-state index in [-0.39, 0.29) is 39.6 Å². The van der Waals surface area contributed by atoms with Crippen LogP contribution in [0.3, 0.4) is 0 Å². The summed E-state index contributed by atoms with van der Waals surface area (Å²) in [7, 11) is 0. The van der Waals surface area contributed by atoms with Gasteiger partial charge in [-0.3, -0.25) is 14.5 Å². The number of carbonyl (C=O) groups is 4. The summed E-state index contributed by atoms with van der Waals surface area (Å²) in [6, 6.07) is -1.07. The second kappa shape index (κ2) is 12.4. The minimum absolute atomic E-state index is 0.0231. The van der Waals surface area contributed by atoms with Crippen LogP contribution in [0, 0.1) is 0 Å².